The molecule has 0 aromatic heterocycles. The van der Waals surface area contributed by atoms with Crippen LogP contribution in [0.15, 0.2) is 113 Å². The molecule has 47 heavy (non-hydrogen) atoms. The first-order valence-electron chi connectivity index (χ1n) is 15.8. The number of amides is 1. The lowest BCUT2D eigenvalue weighted by Gasteiger charge is -2.31. The predicted molar refractivity (Wildman–Crippen MR) is 183 cm³/mol. The first-order valence-corrected chi connectivity index (χ1v) is 15.8. The van der Waals surface area contributed by atoms with E-state index >= 15 is 0 Å². The van der Waals surface area contributed by atoms with Crippen molar-refractivity contribution in [2.45, 2.75) is 44.9 Å². The Morgan fingerprint density at radius 3 is 2.30 bits per heavy atom. The van der Waals surface area contributed by atoms with Gasteiger partial charge in [0.15, 0.2) is 11.6 Å². The monoisotopic (exact) mass is 632 g/mol. The number of nitrogens with one attached hydrogen (secondary N) is 2. The third-order valence-electron chi connectivity index (χ3n) is 7.95. The van der Waals surface area contributed by atoms with Crippen molar-refractivity contribution >= 4 is 11.8 Å². The summed E-state index contributed by atoms with van der Waals surface area (Å²) in [4.78, 5) is 22.5. The highest BCUT2D eigenvalue weighted by Gasteiger charge is 2.53. The minimum Gasteiger partial charge on any atom is -0.494 e. The fourth-order valence-electron chi connectivity index (χ4n) is 5.49. The largest absolute Gasteiger partial charge is 0.494 e. The van der Waals surface area contributed by atoms with Gasteiger partial charge in [0.1, 0.15) is 5.75 Å². The molecule has 10 heteroatoms. The van der Waals surface area contributed by atoms with Gasteiger partial charge in [0.25, 0.3) is 5.91 Å². The maximum absolute atomic E-state index is 14.4. The summed E-state index contributed by atoms with van der Waals surface area (Å²) in [6, 6.07) is 33.1. The van der Waals surface area contributed by atoms with Crippen molar-refractivity contribution in [1.29, 1.82) is 0 Å². The van der Waals surface area contributed by atoms with E-state index in [1.165, 1.54) is 0 Å². The highest BCUT2D eigenvalue weighted by atomic mass is 16.5. The van der Waals surface area contributed by atoms with Gasteiger partial charge < -0.3 is 14.6 Å². The molecular formula is C37H40N6O4. The molecule has 0 spiro atoms. The van der Waals surface area contributed by atoms with Crippen molar-refractivity contribution in [2.24, 2.45) is 16.0 Å². The summed E-state index contributed by atoms with van der Waals surface area (Å²) >= 11 is 0. The summed E-state index contributed by atoms with van der Waals surface area (Å²) in [5, 5.41) is 12.9. The van der Waals surface area contributed by atoms with Crippen molar-refractivity contribution in [3.8, 4) is 16.9 Å². The second-order valence-electron chi connectivity index (χ2n) is 11.8. The molecule has 1 aliphatic rings. The number of azide groups is 1. The van der Waals surface area contributed by atoms with Gasteiger partial charge in [0, 0.05) is 36.5 Å². The Labute approximate surface area is 275 Å². The van der Waals surface area contributed by atoms with Gasteiger partial charge in [0.2, 0.25) is 5.90 Å². The molecule has 1 heterocycles. The number of carbonyl (C=O) groups excluding carboxylic acids is 1. The first-order chi connectivity index (χ1) is 22.9. The van der Waals surface area contributed by atoms with E-state index in [4.69, 9.17) is 25.1 Å². The van der Waals surface area contributed by atoms with Crippen LogP contribution in [-0.2, 0) is 22.5 Å². The maximum atomic E-state index is 14.4. The van der Waals surface area contributed by atoms with Gasteiger partial charge in [-0.3, -0.25) is 10.2 Å². The summed E-state index contributed by atoms with van der Waals surface area (Å²) in [5.74, 6) is 0.945. The van der Waals surface area contributed by atoms with Crippen LogP contribution in [0.25, 0.3) is 21.6 Å². The van der Waals surface area contributed by atoms with Crippen LogP contribution in [0.5, 0.6) is 5.75 Å². The fourth-order valence-corrected chi connectivity index (χ4v) is 5.49. The quantitative estimate of drug-likeness (QED) is 0.0440. The SMILES string of the molecule is CC(C)CNNC(=O)[C@@]1(Cc2ccccc2CN=[N+]=[N-])N=C(c2ccc(OCCCO)cc2)O[C@H]1c1ccc(-c2ccccc2)cc1. The normalized spacial score (nSPS) is 17.0. The van der Waals surface area contributed by atoms with Gasteiger partial charge in [0.05, 0.1) is 13.2 Å². The lowest BCUT2D eigenvalue weighted by Crippen LogP contribution is -2.54. The van der Waals surface area contributed by atoms with E-state index in [2.05, 4.69) is 46.9 Å². The second-order valence-corrected chi connectivity index (χ2v) is 11.8. The third kappa shape index (κ3) is 8.17. The molecule has 0 unspecified atom stereocenters. The van der Waals surface area contributed by atoms with Crippen molar-refractivity contribution in [2.75, 3.05) is 19.8 Å². The molecule has 1 amide bonds. The molecule has 0 bridgehead atoms. The van der Waals surface area contributed by atoms with E-state index in [1.807, 2.05) is 91.0 Å². The van der Waals surface area contributed by atoms with Crippen LogP contribution >= 0.6 is 0 Å². The van der Waals surface area contributed by atoms with E-state index < -0.39 is 11.6 Å². The average Bonchev–Trinajstić information content (AvgIpc) is 3.49. The van der Waals surface area contributed by atoms with Crippen molar-refractivity contribution in [3.63, 3.8) is 0 Å². The number of hydrogen-bond donors (Lipinski definition) is 3. The zero-order valence-electron chi connectivity index (χ0n) is 26.7. The number of benzene rings is 4. The highest BCUT2D eigenvalue weighted by Crippen LogP contribution is 2.43. The molecule has 0 aliphatic carbocycles. The number of aliphatic hydroxyl groups is 1. The van der Waals surface area contributed by atoms with Crippen LogP contribution < -0.4 is 15.6 Å². The first kappa shape index (κ1) is 33.2. The Morgan fingerprint density at radius 1 is 0.957 bits per heavy atom. The van der Waals surface area contributed by atoms with Gasteiger partial charge in [-0.05, 0) is 63.5 Å². The Hall–Kier alpha value is -5.15. The van der Waals surface area contributed by atoms with E-state index in [-0.39, 0.29) is 25.5 Å². The van der Waals surface area contributed by atoms with Gasteiger partial charge in [-0.15, -0.1) is 0 Å². The molecule has 0 saturated carbocycles. The van der Waals surface area contributed by atoms with E-state index in [1.54, 1.807) is 0 Å². The van der Waals surface area contributed by atoms with Gasteiger partial charge in [-0.25, -0.2) is 10.4 Å². The van der Waals surface area contributed by atoms with Crippen molar-refractivity contribution in [3.05, 3.63) is 136 Å². The predicted octanol–water partition coefficient (Wildman–Crippen LogP) is 6.70. The molecule has 10 nitrogen and oxygen atoms in total. The molecular weight excluding hydrogens is 592 g/mol. The van der Waals surface area contributed by atoms with Crippen LogP contribution in [0, 0.1) is 5.92 Å². The molecule has 2 atom stereocenters. The maximum Gasteiger partial charge on any atom is 0.266 e. The van der Waals surface area contributed by atoms with Crippen LogP contribution in [0.1, 0.15) is 48.6 Å². The molecule has 0 fully saturated rings. The number of ether oxygens (including phenoxy) is 2. The van der Waals surface area contributed by atoms with Crippen LogP contribution in [0.2, 0.25) is 0 Å². The number of nitrogens with zero attached hydrogens (tertiary/aromatic N) is 4. The van der Waals surface area contributed by atoms with Gasteiger partial charge >= 0.3 is 0 Å². The zero-order valence-corrected chi connectivity index (χ0v) is 26.7. The Balaban J connectivity index is 1.59. The standard InChI is InChI=1S/C37H40N6O4/c1-26(2)24-39-42-36(45)37(23-31-11-6-7-12-32(31)25-40-43-38)34(29-15-13-28(14-16-29)27-9-4-3-5-10-27)47-35(41-37)30-17-19-33(20-18-30)46-22-8-21-44/h3-7,9-20,26,34,39,44H,8,21-25H2,1-2H3,(H,42,45)/t34-,37-/m0/s1. The lowest BCUT2D eigenvalue weighted by molar-refractivity contribution is -0.130. The zero-order chi connectivity index (χ0) is 33.1. The Bertz CT molecular complexity index is 1700. The summed E-state index contributed by atoms with van der Waals surface area (Å²) in [7, 11) is 0. The number of hydrazine groups is 1. The second kappa shape index (κ2) is 15.9. The highest BCUT2D eigenvalue weighted by molar-refractivity contribution is 6.01. The van der Waals surface area contributed by atoms with E-state index in [0.717, 1.165) is 27.8 Å². The fraction of sp³-hybridized carbons (Fsp3) is 0.297. The summed E-state index contributed by atoms with van der Waals surface area (Å²) < 4.78 is 12.4. The number of rotatable bonds is 15. The molecule has 242 valence electrons. The summed E-state index contributed by atoms with van der Waals surface area (Å²) in [6.45, 7) is 5.28. The molecule has 0 radical (unpaired) electrons. The number of aliphatic imine (C=N–C) groups is 1. The number of hydrogen-bond acceptors (Lipinski definition) is 7. The molecule has 4 aromatic carbocycles. The van der Waals surface area contributed by atoms with Gasteiger partial charge in [-0.2, -0.15) is 0 Å². The summed E-state index contributed by atoms with van der Waals surface area (Å²) in [5.41, 5.74) is 18.9. The number of carbonyl (C=O) groups is 1. The topological polar surface area (TPSA) is 141 Å². The Morgan fingerprint density at radius 2 is 1.62 bits per heavy atom. The van der Waals surface area contributed by atoms with Gasteiger partial charge in [-0.1, -0.05) is 97.8 Å². The minimum absolute atomic E-state index is 0.0542. The molecule has 3 N–H and O–H groups in total. The Kier molecular flexibility index (Phi) is 11.2. The van der Waals surface area contributed by atoms with Crippen molar-refractivity contribution < 1.29 is 19.4 Å². The smallest absolute Gasteiger partial charge is 0.266 e. The number of aliphatic hydroxyl groups excluding tert-OH is 1. The van der Waals surface area contributed by atoms with Crippen LogP contribution in [-0.4, -0.2) is 42.2 Å². The molecule has 4 aromatic rings. The van der Waals surface area contributed by atoms with E-state index in [9.17, 15) is 4.79 Å². The van der Waals surface area contributed by atoms with Crippen molar-refractivity contribution in [1.82, 2.24) is 10.9 Å². The average molecular weight is 633 g/mol. The van der Waals surface area contributed by atoms with Crippen LogP contribution in [0.3, 0.4) is 0 Å². The summed E-state index contributed by atoms with van der Waals surface area (Å²) in [6.07, 6.45) is -0.0569. The molecule has 1 aliphatic heterocycles. The third-order valence-corrected chi connectivity index (χ3v) is 7.95. The van der Waals surface area contributed by atoms with Crippen LogP contribution in [0.4, 0.5) is 0 Å². The molecule has 0 saturated heterocycles. The van der Waals surface area contributed by atoms with E-state index in [0.29, 0.717) is 42.7 Å². The lowest BCUT2D eigenvalue weighted by atomic mass is 9.80. The minimum atomic E-state index is -1.42. The molecule has 5 rings (SSSR count).